The average Bonchev–Trinajstić information content (AvgIpc) is 2.69. The number of hydrogen-bond donors (Lipinski definition) is 2. The molecule has 0 saturated carbocycles. The van der Waals surface area contributed by atoms with Gasteiger partial charge in [0.2, 0.25) is 0 Å². The number of carbonyl (C=O) groups excluding carboxylic acids is 2. The predicted octanol–water partition coefficient (Wildman–Crippen LogP) is 4.77. The minimum Gasteiger partial charge on any atom is -0.346 e. The summed E-state index contributed by atoms with van der Waals surface area (Å²) in [4.78, 5) is 27.3. The lowest BCUT2D eigenvalue weighted by Crippen LogP contribution is -2.34. The second-order valence-electron chi connectivity index (χ2n) is 6.15. The van der Waals surface area contributed by atoms with Crippen LogP contribution in [0.4, 0.5) is 10.5 Å². The van der Waals surface area contributed by atoms with E-state index >= 15 is 0 Å². The number of benzene rings is 2. The summed E-state index contributed by atoms with van der Waals surface area (Å²) in [5.74, 6) is -0.103. The number of urea groups is 1. The van der Waals surface area contributed by atoms with E-state index in [4.69, 9.17) is 0 Å². The van der Waals surface area contributed by atoms with E-state index in [1.54, 1.807) is 16.7 Å². The average molecular weight is 386 g/mol. The Kier molecular flexibility index (Phi) is 7.73. The van der Waals surface area contributed by atoms with Crippen LogP contribution in [0.5, 0.6) is 0 Å². The summed E-state index contributed by atoms with van der Waals surface area (Å²) in [6, 6.07) is 14.8. The third kappa shape index (κ3) is 5.76. The Balaban J connectivity index is 1.97. The fourth-order valence-corrected chi connectivity index (χ4v) is 3.08. The SMILES string of the molecule is CCN(CC)C(=O)Nc1ccc(C(C)NC(=O)c2ccc(SC)cc2)cc1. The Morgan fingerprint density at radius 1 is 1.00 bits per heavy atom. The van der Waals surface area contributed by atoms with Crippen LogP contribution in [-0.2, 0) is 0 Å². The van der Waals surface area contributed by atoms with Crippen molar-refractivity contribution in [3.05, 3.63) is 59.7 Å². The summed E-state index contributed by atoms with van der Waals surface area (Å²) in [5.41, 5.74) is 2.36. The van der Waals surface area contributed by atoms with E-state index in [1.165, 1.54) is 0 Å². The zero-order valence-corrected chi connectivity index (χ0v) is 17.1. The maximum atomic E-state index is 12.4. The minimum atomic E-state index is -0.134. The van der Waals surface area contributed by atoms with Gasteiger partial charge in [-0.1, -0.05) is 12.1 Å². The Bertz CT molecular complexity index is 756. The van der Waals surface area contributed by atoms with Crippen molar-refractivity contribution in [2.24, 2.45) is 0 Å². The van der Waals surface area contributed by atoms with Crippen molar-refractivity contribution in [3.63, 3.8) is 0 Å². The van der Waals surface area contributed by atoms with Crippen LogP contribution in [0, 0.1) is 0 Å². The minimum absolute atomic E-state index is 0.103. The zero-order valence-electron chi connectivity index (χ0n) is 16.3. The molecule has 0 radical (unpaired) electrons. The molecule has 0 fully saturated rings. The molecule has 2 N–H and O–H groups in total. The van der Waals surface area contributed by atoms with Crippen LogP contribution in [0.1, 0.15) is 42.7 Å². The van der Waals surface area contributed by atoms with E-state index in [0.717, 1.165) is 16.1 Å². The molecule has 0 aliphatic heterocycles. The number of amides is 3. The van der Waals surface area contributed by atoms with Crippen molar-refractivity contribution in [2.75, 3.05) is 24.7 Å². The molecule has 2 rings (SSSR count). The van der Waals surface area contributed by atoms with Crippen molar-refractivity contribution < 1.29 is 9.59 Å². The molecule has 0 bridgehead atoms. The van der Waals surface area contributed by atoms with E-state index in [9.17, 15) is 9.59 Å². The molecule has 1 atom stereocenters. The summed E-state index contributed by atoms with van der Waals surface area (Å²) >= 11 is 1.65. The number of nitrogens with one attached hydrogen (secondary N) is 2. The van der Waals surface area contributed by atoms with Crippen LogP contribution in [0.15, 0.2) is 53.4 Å². The van der Waals surface area contributed by atoms with Gasteiger partial charge in [-0.2, -0.15) is 0 Å². The highest BCUT2D eigenvalue weighted by atomic mass is 32.2. The van der Waals surface area contributed by atoms with Crippen LogP contribution < -0.4 is 10.6 Å². The molecular weight excluding hydrogens is 358 g/mol. The van der Waals surface area contributed by atoms with E-state index in [2.05, 4.69) is 10.6 Å². The molecule has 27 heavy (non-hydrogen) atoms. The lowest BCUT2D eigenvalue weighted by Gasteiger charge is -2.19. The van der Waals surface area contributed by atoms with Crippen LogP contribution in [0.2, 0.25) is 0 Å². The first kappa shape index (κ1) is 20.8. The van der Waals surface area contributed by atoms with Gasteiger partial charge in [0.15, 0.2) is 0 Å². The van der Waals surface area contributed by atoms with Gasteiger partial charge in [-0.3, -0.25) is 4.79 Å². The molecule has 3 amide bonds. The first-order valence-corrected chi connectivity index (χ1v) is 10.3. The third-order valence-corrected chi connectivity index (χ3v) is 5.16. The number of hydrogen-bond acceptors (Lipinski definition) is 3. The van der Waals surface area contributed by atoms with Gasteiger partial charge < -0.3 is 15.5 Å². The molecule has 0 heterocycles. The van der Waals surface area contributed by atoms with Crippen LogP contribution in [0.25, 0.3) is 0 Å². The molecule has 144 valence electrons. The highest BCUT2D eigenvalue weighted by molar-refractivity contribution is 7.98. The summed E-state index contributed by atoms with van der Waals surface area (Å²) in [5, 5.41) is 5.89. The number of anilines is 1. The Morgan fingerprint density at radius 2 is 1.59 bits per heavy atom. The summed E-state index contributed by atoms with van der Waals surface area (Å²) < 4.78 is 0. The quantitative estimate of drug-likeness (QED) is 0.675. The lowest BCUT2D eigenvalue weighted by atomic mass is 10.1. The predicted molar refractivity (Wildman–Crippen MR) is 112 cm³/mol. The first-order valence-electron chi connectivity index (χ1n) is 9.09. The highest BCUT2D eigenvalue weighted by Crippen LogP contribution is 2.18. The summed E-state index contributed by atoms with van der Waals surface area (Å²) in [6.45, 7) is 7.18. The number of nitrogens with zero attached hydrogens (tertiary/aromatic N) is 1. The van der Waals surface area contributed by atoms with Gasteiger partial charge in [-0.05, 0) is 69.0 Å². The summed E-state index contributed by atoms with van der Waals surface area (Å²) in [7, 11) is 0. The van der Waals surface area contributed by atoms with Crippen LogP contribution in [-0.4, -0.2) is 36.2 Å². The molecule has 2 aromatic carbocycles. The molecule has 0 aliphatic rings. The Hall–Kier alpha value is -2.47. The van der Waals surface area contributed by atoms with Crippen molar-refractivity contribution in [3.8, 4) is 0 Å². The highest BCUT2D eigenvalue weighted by Gasteiger charge is 2.13. The van der Waals surface area contributed by atoms with Crippen molar-refractivity contribution in [2.45, 2.75) is 31.7 Å². The maximum absolute atomic E-state index is 12.4. The van der Waals surface area contributed by atoms with Gasteiger partial charge in [0, 0.05) is 29.2 Å². The van der Waals surface area contributed by atoms with Gasteiger partial charge in [0.1, 0.15) is 0 Å². The van der Waals surface area contributed by atoms with Crippen molar-refractivity contribution >= 4 is 29.4 Å². The molecular formula is C21H27N3O2S. The van der Waals surface area contributed by atoms with Crippen LogP contribution in [0.3, 0.4) is 0 Å². The van der Waals surface area contributed by atoms with Gasteiger partial charge >= 0.3 is 6.03 Å². The fourth-order valence-electron chi connectivity index (χ4n) is 2.67. The topological polar surface area (TPSA) is 61.4 Å². The Labute approximate surface area is 165 Å². The molecule has 2 aromatic rings. The van der Waals surface area contributed by atoms with E-state index in [-0.39, 0.29) is 18.0 Å². The molecule has 0 saturated heterocycles. The number of thioether (sulfide) groups is 1. The smallest absolute Gasteiger partial charge is 0.321 e. The normalized spacial score (nSPS) is 11.6. The van der Waals surface area contributed by atoms with Crippen molar-refractivity contribution in [1.82, 2.24) is 10.2 Å². The second-order valence-corrected chi connectivity index (χ2v) is 7.03. The molecule has 6 heteroatoms. The van der Waals surface area contributed by atoms with Gasteiger partial charge in [0.25, 0.3) is 5.91 Å². The first-order chi connectivity index (χ1) is 13.0. The standard InChI is InChI=1S/C21H27N3O2S/c1-5-24(6-2)21(26)23-18-11-7-16(8-12-18)15(3)22-20(25)17-9-13-19(27-4)14-10-17/h7-15H,5-6H2,1-4H3,(H,22,25)(H,23,26). The largest absolute Gasteiger partial charge is 0.346 e. The number of rotatable bonds is 7. The lowest BCUT2D eigenvalue weighted by molar-refractivity contribution is 0.0940. The van der Waals surface area contributed by atoms with Gasteiger partial charge in [0.05, 0.1) is 6.04 Å². The van der Waals surface area contributed by atoms with Gasteiger partial charge in [-0.25, -0.2) is 4.79 Å². The van der Waals surface area contributed by atoms with E-state index in [1.807, 2.05) is 75.6 Å². The van der Waals surface area contributed by atoms with E-state index in [0.29, 0.717) is 18.7 Å². The molecule has 1 unspecified atom stereocenters. The van der Waals surface area contributed by atoms with Gasteiger partial charge in [-0.15, -0.1) is 11.8 Å². The monoisotopic (exact) mass is 385 g/mol. The molecule has 0 aliphatic carbocycles. The maximum Gasteiger partial charge on any atom is 0.321 e. The zero-order chi connectivity index (χ0) is 19.8. The number of carbonyl (C=O) groups is 2. The van der Waals surface area contributed by atoms with E-state index < -0.39 is 0 Å². The Morgan fingerprint density at radius 3 is 2.11 bits per heavy atom. The third-order valence-electron chi connectivity index (χ3n) is 4.41. The van der Waals surface area contributed by atoms with Crippen LogP contribution >= 0.6 is 11.8 Å². The molecule has 0 aromatic heterocycles. The molecule has 0 spiro atoms. The molecule has 5 nitrogen and oxygen atoms in total. The fraction of sp³-hybridized carbons (Fsp3) is 0.333. The van der Waals surface area contributed by atoms with Crippen molar-refractivity contribution in [1.29, 1.82) is 0 Å². The second kappa shape index (κ2) is 10.0. The summed E-state index contributed by atoms with van der Waals surface area (Å²) in [6.07, 6.45) is 2.01.